The topological polar surface area (TPSA) is 66.5 Å². The van der Waals surface area contributed by atoms with Crippen LogP contribution in [-0.2, 0) is 14.8 Å². The molecule has 6 heteroatoms. The van der Waals surface area contributed by atoms with E-state index in [1.165, 1.54) is 10.6 Å². The zero-order valence-corrected chi connectivity index (χ0v) is 12.3. The highest BCUT2D eigenvalue weighted by Crippen LogP contribution is 2.13. The number of rotatable bonds is 5. The Kier molecular flexibility index (Phi) is 5.59. The summed E-state index contributed by atoms with van der Waals surface area (Å²) < 4.78 is 24.3. The van der Waals surface area contributed by atoms with E-state index < -0.39 is 10.0 Å². The summed E-state index contributed by atoms with van der Waals surface area (Å²) in [7, 11) is -3.14. The van der Waals surface area contributed by atoms with Crippen molar-refractivity contribution in [2.45, 2.75) is 45.6 Å². The quantitative estimate of drug-likeness (QED) is 0.813. The zero-order chi connectivity index (χ0) is 13.8. The van der Waals surface area contributed by atoms with Crippen LogP contribution in [0.1, 0.15) is 39.5 Å². The van der Waals surface area contributed by atoms with Gasteiger partial charge in [0, 0.05) is 25.6 Å². The number of nitrogens with zero attached hydrogens (tertiary/aromatic N) is 1. The largest absolute Gasteiger partial charge is 0.352 e. The molecule has 1 heterocycles. The van der Waals surface area contributed by atoms with Crippen LogP contribution in [0.3, 0.4) is 0 Å². The molecule has 5 nitrogen and oxygen atoms in total. The van der Waals surface area contributed by atoms with E-state index in [0.29, 0.717) is 25.4 Å². The first-order valence-corrected chi connectivity index (χ1v) is 8.38. The van der Waals surface area contributed by atoms with Gasteiger partial charge in [0.05, 0.1) is 6.26 Å². The molecular weight excluding hydrogens is 252 g/mol. The summed E-state index contributed by atoms with van der Waals surface area (Å²) in [6.07, 6.45) is 4.28. The van der Waals surface area contributed by atoms with Gasteiger partial charge in [-0.2, -0.15) is 0 Å². The predicted octanol–water partition coefficient (Wildman–Crippen LogP) is 0.963. The molecule has 106 valence electrons. The Morgan fingerprint density at radius 3 is 2.67 bits per heavy atom. The molecule has 1 N–H and O–H groups in total. The van der Waals surface area contributed by atoms with E-state index in [1.807, 2.05) is 0 Å². The van der Waals surface area contributed by atoms with Crippen LogP contribution in [0.4, 0.5) is 0 Å². The third kappa shape index (κ3) is 5.35. The van der Waals surface area contributed by atoms with Gasteiger partial charge in [0.25, 0.3) is 0 Å². The molecule has 1 aliphatic heterocycles. The SMILES string of the molecule is CC(C)CCC(=O)NC1CCCN(S(C)(=O)=O)C1. The predicted molar refractivity (Wildman–Crippen MR) is 71.7 cm³/mol. The second kappa shape index (κ2) is 6.52. The molecule has 0 aromatic carbocycles. The van der Waals surface area contributed by atoms with Gasteiger partial charge in [-0.05, 0) is 25.2 Å². The number of carbonyl (C=O) groups is 1. The van der Waals surface area contributed by atoms with Gasteiger partial charge in [-0.3, -0.25) is 4.79 Å². The Balaban J connectivity index is 2.41. The first-order valence-electron chi connectivity index (χ1n) is 6.53. The van der Waals surface area contributed by atoms with E-state index in [0.717, 1.165) is 19.3 Å². The van der Waals surface area contributed by atoms with Crippen LogP contribution in [0.5, 0.6) is 0 Å². The molecule has 1 atom stereocenters. The van der Waals surface area contributed by atoms with E-state index in [4.69, 9.17) is 0 Å². The molecule has 18 heavy (non-hydrogen) atoms. The maximum atomic E-state index is 11.7. The molecule has 1 aliphatic rings. The molecule has 1 amide bonds. The number of sulfonamides is 1. The Bertz CT molecular complexity index is 379. The summed E-state index contributed by atoms with van der Waals surface area (Å²) in [5, 5.41) is 2.93. The lowest BCUT2D eigenvalue weighted by molar-refractivity contribution is -0.122. The minimum Gasteiger partial charge on any atom is -0.352 e. The van der Waals surface area contributed by atoms with Crippen molar-refractivity contribution in [1.82, 2.24) is 9.62 Å². The molecule has 1 rings (SSSR count). The summed E-state index contributed by atoms with van der Waals surface area (Å²) in [4.78, 5) is 11.7. The van der Waals surface area contributed by atoms with Crippen LogP contribution >= 0.6 is 0 Å². The minimum absolute atomic E-state index is 0.0315. The van der Waals surface area contributed by atoms with Gasteiger partial charge in [-0.15, -0.1) is 0 Å². The van der Waals surface area contributed by atoms with Crippen LogP contribution < -0.4 is 5.32 Å². The molecular formula is C12H24N2O3S. The number of carbonyl (C=O) groups excluding carboxylic acids is 1. The molecule has 0 bridgehead atoms. The van der Waals surface area contributed by atoms with E-state index in [-0.39, 0.29) is 11.9 Å². The first-order chi connectivity index (χ1) is 8.29. The average molecular weight is 276 g/mol. The van der Waals surface area contributed by atoms with Crippen LogP contribution in [0, 0.1) is 5.92 Å². The fourth-order valence-corrected chi connectivity index (χ4v) is 2.99. The fraction of sp³-hybridized carbons (Fsp3) is 0.917. The van der Waals surface area contributed by atoms with Gasteiger partial charge < -0.3 is 5.32 Å². The normalized spacial score (nSPS) is 22.1. The second-order valence-electron chi connectivity index (χ2n) is 5.46. The zero-order valence-electron chi connectivity index (χ0n) is 11.5. The average Bonchev–Trinajstić information content (AvgIpc) is 2.25. The highest BCUT2D eigenvalue weighted by atomic mass is 32.2. The Hall–Kier alpha value is -0.620. The van der Waals surface area contributed by atoms with Crippen molar-refractivity contribution in [3.63, 3.8) is 0 Å². The number of hydrogen-bond acceptors (Lipinski definition) is 3. The molecule has 1 saturated heterocycles. The molecule has 1 fully saturated rings. The molecule has 0 spiro atoms. The highest BCUT2D eigenvalue weighted by molar-refractivity contribution is 7.88. The van der Waals surface area contributed by atoms with E-state index in [1.54, 1.807) is 0 Å². The summed E-state index contributed by atoms with van der Waals surface area (Å²) in [5.74, 6) is 0.540. The standard InChI is InChI=1S/C12H24N2O3S/c1-10(2)6-7-12(15)13-11-5-4-8-14(9-11)18(3,16)17/h10-11H,4-9H2,1-3H3,(H,13,15). The summed E-state index contributed by atoms with van der Waals surface area (Å²) in [5.41, 5.74) is 0. The maximum absolute atomic E-state index is 11.7. The second-order valence-corrected chi connectivity index (χ2v) is 7.44. The number of nitrogens with one attached hydrogen (secondary N) is 1. The lowest BCUT2D eigenvalue weighted by Crippen LogP contribution is -2.49. The lowest BCUT2D eigenvalue weighted by atomic mass is 10.1. The molecule has 0 saturated carbocycles. The maximum Gasteiger partial charge on any atom is 0.220 e. The van der Waals surface area contributed by atoms with Crippen molar-refractivity contribution in [3.8, 4) is 0 Å². The van der Waals surface area contributed by atoms with Crippen molar-refractivity contribution in [3.05, 3.63) is 0 Å². The van der Waals surface area contributed by atoms with E-state index >= 15 is 0 Å². The van der Waals surface area contributed by atoms with Crippen molar-refractivity contribution >= 4 is 15.9 Å². The van der Waals surface area contributed by atoms with Crippen molar-refractivity contribution in [2.24, 2.45) is 5.92 Å². The van der Waals surface area contributed by atoms with Crippen LogP contribution in [-0.4, -0.2) is 44.0 Å². The monoisotopic (exact) mass is 276 g/mol. The highest BCUT2D eigenvalue weighted by Gasteiger charge is 2.26. The van der Waals surface area contributed by atoms with E-state index in [9.17, 15) is 13.2 Å². The van der Waals surface area contributed by atoms with Crippen molar-refractivity contribution < 1.29 is 13.2 Å². The summed E-state index contributed by atoms with van der Waals surface area (Å²) in [6.45, 7) is 5.14. The van der Waals surface area contributed by atoms with Gasteiger partial charge >= 0.3 is 0 Å². The van der Waals surface area contributed by atoms with Gasteiger partial charge in [0.15, 0.2) is 0 Å². The van der Waals surface area contributed by atoms with Gasteiger partial charge in [-0.1, -0.05) is 13.8 Å². The molecule has 1 unspecified atom stereocenters. The smallest absolute Gasteiger partial charge is 0.220 e. The van der Waals surface area contributed by atoms with Gasteiger partial charge in [-0.25, -0.2) is 12.7 Å². The summed E-state index contributed by atoms with van der Waals surface area (Å²) >= 11 is 0. The third-order valence-corrected chi connectivity index (χ3v) is 4.44. The lowest BCUT2D eigenvalue weighted by Gasteiger charge is -2.31. The number of amides is 1. The van der Waals surface area contributed by atoms with Gasteiger partial charge in [0.1, 0.15) is 0 Å². The van der Waals surface area contributed by atoms with E-state index in [2.05, 4.69) is 19.2 Å². The van der Waals surface area contributed by atoms with Crippen LogP contribution in [0.15, 0.2) is 0 Å². The van der Waals surface area contributed by atoms with Crippen molar-refractivity contribution in [2.75, 3.05) is 19.3 Å². The Morgan fingerprint density at radius 1 is 1.44 bits per heavy atom. The molecule has 0 aliphatic carbocycles. The van der Waals surface area contributed by atoms with Gasteiger partial charge in [0.2, 0.25) is 15.9 Å². The summed E-state index contributed by atoms with van der Waals surface area (Å²) in [6, 6.07) is -0.0341. The number of hydrogen-bond donors (Lipinski definition) is 1. The Labute approximate surface area is 110 Å². The fourth-order valence-electron chi connectivity index (χ4n) is 2.08. The van der Waals surface area contributed by atoms with Crippen LogP contribution in [0.2, 0.25) is 0 Å². The minimum atomic E-state index is -3.14. The molecule has 0 aromatic heterocycles. The number of piperidine rings is 1. The third-order valence-electron chi connectivity index (χ3n) is 3.17. The Morgan fingerprint density at radius 2 is 2.11 bits per heavy atom. The molecule has 0 aromatic rings. The molecule has 0 radical (unpaired) electrons. The first kappa shape index (κ1) is 15.4. The van der Waals surface area contributed by atoms with Crippen LogP contribution in [0.25, 0.3) is 0 Å². The van der Waals surface area contributed by atoms with Crippen molar-refractivity contribution in [1.29, 1.82) is 0 Å².